The van der Waals surface area contributed by atoms with Crippen LogP contribution in [0.1, 0.15) is 13.3 Å². The van der Waals surface area contributed by atoms with Gasteiger partial charge in [0.25, 0.3) is 0 Å². The molecule has 4 heteroatoms. The second-order valence-electron chi connectivity index (χ2n) is 14.6. The first-order valence-corrected chi connectivity index (χ1v) is 18.6. The largest absolute Gasteiger partial charge is 0.310 e. The molecule has 7 aromatic carbocycles. The highest BCUT2D eigenvalue weighted by atomic mass is 15.2. The average Bonchev–Trinajstić information content (AvgIpc) is 3.74. The van der Waals surface area contributed by atoms with Crippen molar-refractivity contribution in [3.8, 4) is 16.8 Å². The van der Waals surface area contributed by atoms with Gasteiger partial charge in [0.15, 0.2) is 0 Å². The van der Waals surface area contributed by atoms with Crippen molar-refractivity contribution in [1.82, 2.24) is 9.13 Å². The quantitative estimate of drug-likeness (QED) is 0.185. The van der Waals surface area contributed by atoms with E-state index in [0.29, 0.717) is 5.92 Å². The molecule has 0 saturated heterocycles. The summed E-state index contributed by atoms with van der Waals surface area (Å²) >= 11 is 0. The van der Waals surface area contributed by atoms with Crippen LogP contribution in [0.4, 0.5) is 28.4 Å². The van der Waals surface area contributed by atoms with Gasteiger partial charge in [-0.15, -0.1) is 0 Å². The van der Waals surface area contributed by atoms with Gasteiger partial charge in [-0.05, 0) is 84.3 Å². The SMILES string of the molecule is CC1CC=CC2=C1N(c1cccc(-c3cccc(N4c5ccccc5-n5c6ccccc6c6cccc4c65)c3)c1)c1cccc3c4ccccc4n2c13. The van der Waals surface area contributed by atoms with Gasteiger partial charge in [-0.1, -0.05) is 110 Å². The predicted molar refractivity (Wildman–Crippen MR) is 222 cm³/mol. The maximum atomic E-state index is 2.54. The molecular weight excluding hydrogens is 645 g/mol. The van der Waals surface area contributed by atoms with Gasteiger partial charge in [0.2, 0.25) is 0 Å². The Labute approximate surface area is 307 Å². The van der Waals surface area contributed by atoms with Crippen molar-refractivity contribution in [2.75, 3.05) is 9.80 Å². The van der Waals surface area contributed by atoms with Crippen molar-refractivity contribution in [2.45, 2.75) is 13.3 Å². The fourth-order valence-electron chi connectivity index (χ4n) is 9.53. The van der Waals surface area contributed by atoms with Gasteiger partial charge >= 0.3 is 0 Å². The van der Waals surface area contributed by atoms with E-state index >= 15 is 0 Å². The Hall–Kier alpha value is -6.78. The van der Waals surface area contributed by atoms with E-state index in [2.05, 4.69) is 196 Å². The van der Waals surface area contributed by atoms with Crippen LogP contribution in [0.15, 0.2) is 176 Å². The third kappa shape index (κ3) is 3.84. The van der Waals surface area contributed by atoms with E-state index in [4.69, 9.17) is 0 Å². The number of anilines is 5. The van der Waals surface area contributed by atoms with Crippen LogP contribution in [0, 0.1) is 5.92 Å². The molecule has 9 aromatic rings. The van der Waals surface area contributed by atoms with E-state index in [1.54, 1.807) is 0 Å². The van der Waals surface area contributed by atoms with Crippen molar-refractivity contribution in [1.29, 1.82) is 0 Å². The maximum Gasteiger partial charge on any atom is 0.0783 e. The van der Waals surface area contributed by atoms with Crippen LogP contribution in [-0.2, 0) is 0 Å². The third-order valence-corrected chi connectivity index (χ3v) is 11.7. The number of fused-ring (bicyclic) bond motifs is 9. The molecule has 0 saturated carbocycles. The lowest BCUT2D eigenvalue weighted by molar-refractivity contribution is 0.666. The second kappa shape index (κ2) is 10.6. The van der Waals surface area contributed by atoms with Gasteiger partial charge in [0.1, 0.15) is 0 Å². The first-order chi connectivity index (χ1) is 26.2. The Kier molecular flexibility index (Phi) is 5.79. The van der Waals surface area contributed by atoms with Crippen molar-refractivity contribution in [3.05, 3.63) is 176 Å². The first kappa shape index (κ1) is 28.9. The first-order valence-electron chi connectivity index (χ1n) is 18.6. The fourth-order valence-corrected chi connectivity index (χ4v) is 9.53. The molecule has 3 aliphatic rings. The van der Waals surface area contributed by atoms with E-state index in [1.807, 2.05) is 0 Å². The lowest BCUT2D eigenvalue weighted by Crippen LogP contribution is -2.28. The summed E-state index contributed by atoms with van der Waals surface area (Å²) in [6.07, 6.45) is 5.70. The molecule has 0 bridgehead atoms. The standard InChI is InChI=1S/C49H34N4/c1-31-13-8-26-44-47(31)51(46-28-12-21-39-37-19-3-5-23-41(37)53(44)49(39)46)35-17-10-15-33(30-35)32-14-9-16-34(29-32)50-42-24-6-7-25-43(42)52-40-22-4-2-18-36(40)38-20-11-27-45(50)48(38)52/h2-12,14-31H,13H2,1H3. The Bertz CT molecular complexity index is 3080. The second-order valence-corrected chi connectivity index (χ2v) is 14.6. The molecule has 2 aliphatic heterocycles. The number of benzene rings is 7. The molecule has 1 unspecified atom stereocenters. The molecule has 2 aromatic heterocycles. The molecule has 250 valence electrons. The molecule has 12 rings (SSSR count). The number of para-hydroxylation sites is 6. The summed E-state index contributed by atoms with van der Waals surface area (Å²) in [7, 11) is 0. The van der Waals surface area contributed by atoms with E-state index in [9.17, 15) is 0 Å². The van der Waals surface area contributed by atoms with E-state index in [1.165, 1.54) is 94.6 Å². The summed E-state index contributed by atoms with van der Waals surface area (Å²) in [6, 6.07) is 58.2. The van der Waals surface area contributed by atoms with Gasteiger partial charge in [-0.3, -0.25) is 0 Å². The molecular formula is C49H34N4. The van der Waals surface area contributed by atoms with Crippen LogP contribution in [0.3, 0.4) is 0 Å². The average molecular weight is 679 g/mol. The molecule has 0 radical (unpaired) electrons. The molecule has 0 fully saturated rings. The molecule has 0 amide bonds. The molecule has 4 heterocycles. The highest BCUT2D eigenvalue weighted by Gasteiger charge is 2.34. The summed E-state index contributed by atoms with van der Waals surface area (Å²) in [6.45, 7) is 2.37. The van der Waals surface area contributed by atoms with Gasteiger partial charge in [-0.2, -0.15) is 0 Å². The summed E-state index contributed by atoms with van der Waals surface area (Å²) in [5, 5.41) is 5.14. The van der Waals surface area contributed by atoms with Crippen LogP contribution < -0.4 is 9.80 Å². The topological polar surface area (TPSA) is 16.3 Å². The number of aromatic nitrogens is 2. The smallest absolute Gasteiger partial charge is 0.0783 e. The van der Waals surface area contributed by atoms with Crippen molar-refractivity contribution < 1.29 is 0 Å². The minimum atomic E-state index is 0.365. The third-order valence-electron chi connectivity index (χ3n) is 11.7. The Morgan fingerprint density at radius 3 is 1.66 bits per heavy atom. The number of allylic oxidation sites excluding steroid dienone is 4. The Morgan fingerprint density at radius 1 is 0.453 bits per heavy atom. The van der Waals surface area contributed by atoms with E-state index in [-0.39, 0.29) is 0 Å². The van der Waals surface area contributed by atoms with Gasteiger partial charge < -0.3 is 18.9 Å². The molecule has 0 spiro atoms. The zero-order valence-electron chi connectivity index (χ0n) is 29.2. The van der Waals surface area contributed by atoms with Crippen molar-refractivity contribution >= 4 is 77.7 Å². The molecule has 4 nitrogen and oxygen atoms in total. The van der Waals surface area contributed by atoms with Gasteiger partial charge in [0, 0.05) is 38.8 Å². The zero-order valence-corrected chi connectivity index (χ0v) is 29.2. The van der Waals surface area contributed by atoms with Crippen molar-refractivity contribution in [3.63, 3.8) is 0 Å². The number of nitrogens with zero attached hydrogens (tertiary/aromatic N) is 4. The summed E-state index contributed by atoms with van der Waals surface area (Å²) in [5.41, 5.74) is 17.2. The fraction of sp³-hybridized carbons (Fsp3) is 0.0612. The summed E-state index contributed by atoms with van der Waals surface area (Å²) in [4.78, 5) is 4.99. The summed E-state index contributed by atoms with van der Waals surface area (Å²) < 4.78 is 4.95. The van der Waals surface area contributed by atoms with Gasteiger partial charge in [0.05, 0.1) is 56.2 Å². The highest BCUT2D eigenvalue weighted by molar-refractivity contribution is 6.18. The van der Waals surface area contributed by atoms with Crippen LogP contribution in [-0.4, -0.2) is 9.13 Å². The lowest BCUT2D eigenvalue weighted by Gasteiger charge is -2.39. The Morgan fingerprint density at radius 2 is 0.962 bits per heavy atom. The normalized spacial score (nSPS) is 15.9. The minimum Gasteiger partial charge on any atom is -0.310 e. The maximum absolute atomic E-state index is 2.54. The van der Waals surface area contributed by atoms with Crippen molar-refractivity contribution in [2.24, 2.45) is 5.92 Å². The molecule has 0 N–H and O–H groups in total. The number of rotatable bonds is 3. The zero-order chi connectivity index (χ0) is 34.8. The summed E-state index contributed by atoms with van der Waals surface area (Å²) in [5.74, 6) is 0.365. The lowest BCUT2D eigenvalue weighted by atomic mass is 9.92. The number of hydrogen-bond acceptors (Lipinski definition) is 2. The van der Waals surface area contributed by atoms with Gasteiger partial charge in [-0.25, -0.2) is 0 Å². The van der Waals surface area contributed by atoms with Crippen LogP contribution >= 0.6 is 0 Å². The van der Waals surface area contributed by atoms with E-state index < -0.39 is 0 Å². The molecule has 1 atom stereocenters. The van der Waals surface area contributed by atoms with Crippen LogP contribution in [0.2, 0.25) is 0 Å². The highest BCUT2D eigenvalue weighted by Crippen LogP contribution is 2.52. The van der Waals surface area contributed by atoms with Crippen LogP contribution in [0.5, 0.6) is 0 Å². The van der Waals surface area contributed by atoms with E-state index in [0.717, 1.165) is 12.1 Å². The monoisotopic (exact) mass is 678 g/mol. The predicted octanol–water partition coefficient (Wildman–Crippen LogP) is 13.3. The van der Waals surface area contributed by atoms with Crippen LogP contribution in [0.25, 0.3) is 66.1 Å². The number of hydrogen-bond donors (Lipinski definition) is 0. The Balaban J connectivity index is 1.03. The minimum absolute atomic E-state index is 0.365. The molecule has 53 heavy (non-hydrogen) atoms. The molecule has 1 aliphatic carbocycles.